The number of benzene rings is 1. The van der Waals surface area contributed by atoms with Crippen LogP contribution in [0.1, 0.15) is 31.7 Å². The van der Waals surface area contributed by atoms with Crippen LogP contribution in [0, 0.1) is 0 Å². The van der Waals surface area contributed by atoms with Gasteiger partial charge in [0.25, 0.3) is 0 Å². The number of halogens is 1. The summed E-state index contributed by atoms with van der Waals surface area (Å²) in [6.45, 7) is 2.47. The van der Waals surface area contributed by atoms with Crippen LogP contribution >= 0.6 is 11.6 Å². The molecule has 6 heteroatoms. The molecule has 1 unspecified atom stereocenters. The molecule has 0 fully saturated rings. The van der Waals surface area contributed by atoms with Gasteiger partial charge in [0.2, 0.25) is 5.91 Å². The first kappa shape index (κ1) is 15.5. The number of aromatic nitrogens is 3. The molecule has 0 aliphatic heterocycles. The lowest BCUT2D eigenvalue weighted by atomic mass is 9.75. The maximum Gasteiger partial charge on any atom is 0.229 e. The van der Waals surface area contributed by atoms with Gasteiger partial charge in [-0.3, -0.25) is 9.48 Å². The van der Waals surface area contributed by atoms with Gasteiger partial charge in [0.05, 0.1) is 12.0 Å². The molecule has 0 bridgehead atoms. The lowest BCUT2D eigenvalue weighted by molar-refractivity contribution is -0.124. The third-order valence-corrected chi connectivity index (χ3v) is 3.98. The second-order valence-electron chi connectivity index (χ2n) is 5.15. The van der Waals surface area contributed by atoms with Crippen molar-refractivity contribution in [3.8, 4) is 0 Å². The van der Waals surface area contributed by atoms with Crippen molar-refractivity contribution in [2.24, 2.45) is 5.73 Å². The van der Waals surface area contributed by atoms with Crippen molar-refractivity contribution in [1.29, 1.82) is 0 Å². The predicted octanol–water partition coefficient (Wildman–Crippen LogP) is 2.54. The Morgan fingerprint density at radius 3 is 2.62 bits per heavy atom. The van der Waals surface area contributed by atoms with Crippen molar-refractivity contribution < 1.29 is 4.79 Å². The fourth-order valence-corrected chi connectivity index (χ4v) is 2.62. The summed E-state index contributed by atoms with van der Waals surface area (Å²) < 4.78 is 1.65. The zero-order valence-corrected chi connectivity index (χ0v) is 12.8. The van der Waals surface area contributed by atoms with Gasteiger partial charge < -0.3 is 5.73 Å². The Bertz CT molecular complexity index is 582. The highest BCUT2D eigenvalue weighted by atomic mass is 35.5. The molecule has 1 aromatic heterocycles. The highest BCUT2D eigenvalue weighted by Gasteiger charge is 2.38. The Balaban J connectivity index is 2.43. The van der Waals surface area contributed by atoms with Gasteiger partial charge in [0.1, 0.15) is 12.7 Å². The van der Waals surface area contributed by atoms with Crippen LogP contribution in [0.2, 0.25) is 5.02 Å². The van der Waals surface area contributed by atoms with Gasteiger partial charge in [0.15, 0.2) is 0 Å². The van der Waals surface area contributed by atoms with Gasteiger partial charge in [-0.2, -0.15) is 5.10 Å². The van der Waals surface area contributed by atoms with Crippen molar-refractivity contribution in [1.82, 2.24) is 14.8 Å². The first-order valence-electron chi connectivity index (χ1n) is 6.97. The van der Waals surface area contributed by atoms with E-state index in [-0.39, 0.29) is 5.91 Å². The summed E-state index contributed by atoms with van der Waals surface area (Å²) >= 11 is 5.94. The van der Waals surface area contributed by atoms with E-state index in [1.807, 2.05) is 12.1 Å². The molecule has 0 saturated heterocycles. The molecule has 112 valence electrons. The zero-order valence-electron chi connectivity index (χ0n) is 12.0. The highest BCUT2D eigenvalue weighted by molar-refractivity contribution is 6.30. The van der Waals surface area contributed by atoms with E-state index in [4.69, 9.17) is 17.3 Å². The van der Waals surface area contributed by atoms with E-state index < -0.39 is 5.41 Å². The van der Waals surface area contributed by atoms with Gasteiger partial charge in [-0.25, -0.2) is 4.98 Å². The van der Waals surface area contributed by atoms with E-state index in [2.05, 4.69) is 17.0 Å². The fourth-order valence-electron chi connectivity index (χ4n) is 2.50. The number of amides is 1. The largest absolute Gasteiger partial charge is 0.369 e. The third-order valence-electron chi connectivity index (χ3n) is 3.72. The fraction of sp³-hybridized carbons (Fsp3) is 0.400. The Kier molecular flexibility index (Phi) is 4.96. The molecule has 1 heterocycles. The van der Waals surface area contributed by atoms with E-state index in [0.29, 0.717) is 18.0 Å². The number of nitrogens with two attached hydrogens (primary N) is 1. The van der Waals surface area contributed by atoms with Crippen LogP contribution < -0.4 is 5.73 Å². The molecule has 2 N–H and O–H groups in total. The minimum atomic E-state index is -0.797. The van der Waals surface area contributed by atoms with Gasteiger partial charge in [0, 0.05) is 5.02 Å². The minimum Gasteiger partial charge on any atom is -0.369 e. The topological polar surface area (TPSA) is 73.8 Å². The Hall–Kier alpha value is -1.88. The van der Waals surface area contributed by atoms with Crippen LogP contribution in [0.5, 0.6) is 0 Å². The third kappa shape index (κ3) is 3.42. The van der Waals surface area contributed by atoms with Gasteiger partial charge in [-0.15, -0.1) is 0 Å². The lowest BCUT2D eigenvalue weighted by Crippen LogP contribution is -2.45. The van der Waals surface area contributed by atoms with Gasteiger partial charge >= 0.3 is 0 Å². The summed E-state index contributed by atoms with van der Waals surface area (Å²) in [5, 5.41) is 4.74. The Morgan fingerprint density at radius 1 is 1.38 bits per heavy atom. The quantitative estimate of drug-likeness (QED) is 0.854. The molecule has 0 radical (unpaired) electrons. The second kappa shape index (κ2) is 6.72. The number of primary amides is 1. The number of rotatable bonds is 7. The van der Waals surface area contributed by atoms with E-state index in [9.17, 15) is 4.79 Å². The van der Waals surface area contributed by atoms with Gasteiger partial charge in [-0.1, -0.05) is 43.5 Å². The molecule has 1 amide bonds. The van der Waals surface area contributed by atoms with Crippen molar-refractivity contribution in [3.05, 3.63) is 47.5 Å². The summed E-state index contributed by atoms with van der Waals surface area (Å²) in [4.78, 5) is 16.2. The summed E-state index contributed by atoms with van der Waals surface area (Å²) in [5.74, 6) is -0.353. The number of hydrogen-bond donors (Lipinski definition) is 1. The number of carbonyl (C=O) groups excluding carboxylic acids is 1. The summed E-state index contributed by atoms with van der Waals surface area (Å²) in [6, 6.07) is 7.28. The van der Waals surface area contributed by atoms with E-state index in [0.717, 1.165) is 18.4 Å². The van der Waals surface area contributed by atoms with Crippen LogP contribution in [-0.2, 0) is 16.8 Å². The molecule has 0 spiro atoms. The van der Waals surface area contributed by atoms with Crippen molar-refractivity contribution in [2.45, 2.75) is 38.1 Å². The Labute approximate surface area is 129 Å². The predicted molar refractivity (Wildman–Crippen MR) is 81.9 cm³/mol. The second-order valence-corrected chi connectivity index (χ2v) is 5.59. The number of unbranched alkanes of at least 4 members (excludes halogenated alkanes) is 1. The van der Waals surface area contributed by atoms with Crippen LogP contribution in [-0.4, -0.2) is 20.7 Å². The average molecular weight is 307 g/mol. The Morgan fingerprint density at radius 2 is 2.10 bits per heavy atom. The zero-order chi connectivity index (χ0) is 15.3. The SMILES string of the molecule is CCCCC(Cn1cncn1)(C(N)=O)c1ccc(Cl)cc1. The van der Waals surface area contributed by atoms with Crippen LogP contribution in [0.25, 0.3) is 0 Å². The molecule has 5 nitrogen and oxygen atoms in total. The molecule has 2 rings (SSSR count). The standard InChI is InChI=1S/C15H19ClN4O/c1-2-3-8-15(14(17)21,9-20-11-18-10-19-20)12-4-6-13(16)7-5-12/h4-7,10-11H,2-3,8-9H2,1H3,(H2,17,21). The summed E-state index contributed by atoms with van der Waals surface area (Å²) in [7, 11) is 0. The van der Waals surface area contributed by atoms with Crippen LogP contribution in [0.4, 0.5) is 0 Å². The minimum absolute atomic E-state index is 0.353. The normalized spacial score (nSPS) is 13.8. The number of nitrogens with zero attached hydrogens (tertiary/aromatic N) is 3. The van der Waals surface area contributed by atoms with E-state index in [1.165, 1.54) is 6.33 Å². The van der Waals surface area contributed by atoms with E-state index >= 15 is 0 Å². The van der Waals surface area contributed by atoms with Crippen molar-refractivity contribution in [3.63, 3.8) is 0 Å². The van der Waals surface area contributed by atoms with Gasteiger partial charge in [-0.05, 0) is 24.1 Å². The van der Waals surface area contributed by atoms with Crippen molar-refractivity contribution in [2.75, 3.05) is 0 Å². The van der Waals surface area contributed by atoms with Crippen molar-refractivity contribution >= 4 is 17.5 Å². The molecule has 0 aliphatic carbocycles. The maximum atomic E-state index is 12.3. The average Bonchev–Trinajstić information content (AvgIpc) is 2.97. The molecular formula is C15H19ClN4O. The molecule has 2 aromatic rings. The summed E-state index contributed by atoms with van der Waals surface area (Å²) in [5.41, 5.74) is 5.83. The first-order chi connectivity index (χ1) is 10.1. The number of carbonyl (C=O) groups is 1. The summed E-state index contributed by atoms with van der Waals surface area (Å²) in [6.07, 6.45) is 5.60. The van der Waals surface area contributed by atoms with E-state index in [1.54, 1.807) is 23.1 Å². The first-order valence-corrected chi connectivity index (χ1v) is 7.34. The smallest absolute Gasteiger partial charge is 0.229 e. The molecule has 1 aromatic carbocycles. The monoisotopic (exact) mass is 306 g/mol. The molecule has 0 aliphatic rings. The van der Waals surface area contributed by atoms with Crippen LogP contribution in [0.3, 0.4) is 0 Å². The molecule has 0 saturated carbocycles. The highest BCUT2D eigenvalue weighted by Crippen LogP contribution is 2.32. The molecular weight excluding hydrogens is 288 g/mol. The molecule has 1 atom stereocenters. The maximum absolute atomic E-state index is 12.3. The molecule has 21 heavy (non-hydrogen) atoms. The van der Waals surface area contributed by atoms with Crippen LogP contribution in [0.15, 0.2) is 36.9 Å². The lowest BCUT2D eigenvalue weighted by Gasteiger charge is -2.31. The number of hydrogen-bond acceptors (Lipinski definition) is 3.